The molecule has 1 heterocycles. The fraction of sp³-hybridized carbons (Fsp3) is 0.867. The summed E-state index contributed by atoms with van der Waals surface area (Å²) in [7, 11) is 0. The van der Waals surface area contributed by atoms with Crippen molar-refractivity contribution < 1.29 is 14.7 Å². The van der Waals surface area contributed by atoms with Crippen LogP contribution in [0.5, 0.6) is 0 Å². The Hall–Kier alpha value is -1.26. The van der Waals surface area contributed by atoms with Gasteiger partial charge in [-0.15, -0.1) is 0 Å². The van der Waals surface area contributed by atoms with Crippen molar-refractivity contribution in [3.8, 4) is 0 Å². The smallest absolute Gasteiger partial charge is 0.317 e. The van der Waals surface area contributed by atoms with Crippen LogP contribution in [-0.2, 0) is 4.79 Å². The number of carbonyl (C=O) groups excluding carboxylic acids is 1. The Morgan fingerprint density at radius 1 is 1.35 bits per heavy atom. The van der Waals surface area contributed by atoms with Crippen LogP contribution >= 0.6 is 0 Å². The second-order valence-corrected chi connectivity index (χ2v) is 7.66. The fourth-order valence-electron chi connectivity index (χ4n) is 2.59. The lowest BCUT2D eigenvalue weighted by molar-refractivity contribution is -0.138. The minimum atomic E-state index is -0.885. The first-order valence-corrected chi connectivity index (χ1v) is 7.28. The molecule has 1 saturated heterocycles. The van der Waals surface area contributed by atoms with Crippen LogP contribution in [0.3, 0.4) is 0 Å². The predicted molar refractivity (Wildman–Crippen MR) is 78.6 cm³/mol. The minimum absolute atomic E-state index is 0.0491. The SMILES string of the molecule is CC1(C)CCCN(C(=O)NC(CC(=O)O)C(C)(C)C)C1. The van der Waals surface area contributed by atoms with E-state index in [2.05, 4.69) is 19.2 Å². The number of likely N-dealkylation sites (tertiary alicyclic amines) is 1. The summed E-state index contributed by atoms with van der Waals surface area (Å²) in [6.07, 6.45) is 2.07. The van der Waals surface area contributed by atoms with Gasteiger partial charge < -0.3 is 15.3 Å². The third-order valence-electron chi connectivity index (χ3n) is 3.91. The summed E-state index contributed by atoms with van der Waals surface area (Å²) in [5, 5.41) is 11.9. The maximum absolute atomic E-state index is 12.3. The molecule has 1 rings (SSSR count). The van der Waals surface area contributed by atoms with Crippen molar-refractivity contribution in [2.24, 2.45) is 10.8 Å². The van der Waals surface area contributed by atoms with Gasteiger partial charge in [0.2, 0.25) is 0 Å². The molecule has 1 fully saturated rings. The van der Waals surface area contributed by atoms with E-state index in [1.54, 1.807) is 0 Å². The molecule has 0 aromatic carbocycles. The number of carbonyl (C=O) groups is 2. The highest BCUT2D eigenvalue weighted by molar-refractivity contribution is 5.76. The number of aliphatic carboxylic acids is 1. The van der Waals surface area contributed by atoms with Gasteiger partial charge in [-0.1, -0.05) is 34.6 Å². The number of amides is 2. The average molecular weight is 284 g/mol. The van der Waals surface area contributed by atoms with E-state index < -0.39 is 5.97 Å². The van der Waals surface area contributed by atoms with E-state index in [1.807, 2.05) is 25.7 Å². The molecule has 1 aliphatic heterocycles. The van der Waals surface area contributed by atoms with Crippen molar-refractivity contribution in [1.29, 1.82) is 0 Å². The number of rotatable bonds is 3. The number of carboxylic acids is 1. The maximum atomic E-state index is 12.3. The van der Waals surface area contributed by atoms with Gasteiger partial charge in [-0.3, -0.25) is 4.79 Å². The molecule has 0 aromatic heterocycles. The number of urea groups is 1. The second kappa shape index (κ2) is 6.02. The van der Waals surface area contributed by atoms with Gasteiger partial charge in [-0.25, -0.2) is 4.79 Å². The highest BCUT2D eigenvalue weighted by Crippen LogP contribution is 2.29. The van der Waals surface area contributed by atoms with E-state index in [0.29, 0.717) is 0 Å². The van der Waals surface area contributed by atoms with E-state index in [9.17, 15) is 9.59 Å². The van der Waals surface area contributed by atoms with Gasteiger partial charge in [0.05, 0.1) is 6.42 Å². The van der Waals surface area contributed by atoms with Crippen LogP contribution in [0.1, 0.15) is 53.9 Å². The van der Waals surface area contributed by atoms with Crippen molar-refractivity contribution in [3.63, 3.8) is 0 Å². The Morgan fingerprint density at radius 2 is 1.95 bits per heavy atom. The Balaban J connectivity index is 2.68. The average Bonchev–Trinajstić information content (AvgIpc) is 2.24. The summed E-state index contributed by atoms with van der Waals surface area (Å²) < 4.78 is 0. The molecule has 0 bridgehead atoms. The molecule has 0 aliphatic carbocycles. The number of hydrogen-bond donors (Lipinski definition) is 2. The van der Waals surface area contributed by atoms with Gasteiger partial charge in [0, 0.05) is 19.1 Å². The fourth-order valence-corrected chi connectivity index (χ4v) is 2.59. The van der Waals surface area contributed by atoms with Crippen molar-refractivity contribution in [3.05, 3.63) is 0 Å². The topological polar surface area (TPSA) is 69.6 Å². The van der Waals surface area contributed by atoms with E-state index in [1.165, 1.54) is 0 Å². The number of nitrogens with one attached hydrogen (secondary N) is 1. The number of nitrogens with zero attached hydrogens (tertiary/aromatic N) is 1. The highest BCUT2D eigenvalue weighted by atomic mass is 16.4. The Kier molecular flexibility index (Phi) is 5.05. The zero-order valence-corrected chi connectivity index (χ0v) is 13.3. The lowest BCUT2D eigenvalue weighted by Gasteiger charge is -2.40. The lowest BCUT2D eigenvalue weighted by Crippen LogP contribution is -2.53. The van der Waals surface area contributed by atoms with E-state index in [0.717, 1.165) is 25.9 Å². The molecule has 1 aliphatic rings. The summed E-state index contributed by atoms with van der Waals surface area (Å²) in [6, 6.07) is -0.503. The third kappa shape index (κ3) is 5.02. The van der Waals surface area contributed by atoms with Crippen molar-refractivity contribution in [2.75, 3.05) is 13.1 Å². The van der Waals surface area contributed by atoms with Gasteiger partial charge in [0.1, 0.15) is 0 Å². The van der Waals surface area contributed by atoms with Crippen molar-refractivity contribution >= 4 is 12.0 Å². The molecule has 116 valence electrons. The van der Waals surface area contributed by atoms with Gasteiger partial charge in [-0.2, -0.15) is 0 Å². The summed E-state index contributed by atoms with van der Waals surface area (Å²) in [5.74, 6) is -0.885. The molecule has 2 amide bonds. The lowest BCUT2D eigenvalue weighted by atomic mass is 9.83. The molecular formula is C15H28N2O3. The first kappa shape index (κ1) is 16.8. The van der Waals surface area contributed by atoms with Gasteiger partial charge in [0.15, 0.2) is 0 Å². The van der Waals surface area contributed by atoms with Crippen molar-refractivity contribution in [1.82, 2.24) is 10.2 Å². The van der Waals surface area contributed by atoms with Crippen LogP contribution < -0.4 is 5.32 Å². The Labute approximate surface area is 121 Å². The molecule has 5 heteroatoms. The zero-order chi connectivity index (χ0) is 15.6. The van der Waals surface area contributed by atoms with Gasteiger partial charge in [-0.05, 0) is 23.7 Å². The third-order valence-corrected chi connectivity index (χ3v) is 3.91. The quantitative estimate of drug-likeness (QED) is 0.837. The molecule has 2 N–H and O–H groups in total. The summed E-state index contributed by atoms with van der Waals surface area (Å²) >= 11 is 0. The van der Waals surface area contributed by atoms with Gasteiger partial charge >= 0.3 is 12.0 Å². The van der Waals surface area contributed by atoms with Crippen LogP contribution in [0.15, 0.2) is 0 Å². The standard InChI is InChI=1S/C15H28N2O3/c1-14(2,3)11(9-12(18)19)16-13(20)17-8-6-7-15(4,5)10-17/h11H,6-10H2,1-5H3,(H,16,20)(H,18,19). The van der Waals surface area contributed by atoms with E-state index >= 15 is 0 Å². The van der Waals surface area contributed by atoms with Crippen LogP contribution in [0.25, 0.3) is 0 Å². The molecule has 0 radical (unpaired) electrons. The highest BCUT2D eigenvalue weighted by Gasteiger charge is 2.33. The number of carboxylic acid groups (broad SMARTS) is 1. The predicted octanol–water partition coefficient (Wildman–Crippen LogP) is 2.71. The first-order chi connectivity index (χ1) is 9.01. The summed E-state index contributed by atoms with van der Waals surface area (Å²) in [4.78, 5) is 25.1. The Bertz CT molecular complexity index is 372. The largest absolute Gasteiger partial charge is 0.481 e. The number of piperidine rings is 1. The normalized spacial score (nSPS) is 20.4. The molecule has 1 atom stereocenters. The number of hydrogen-bond acceptors (Lipinski definition) is 2. The van der Waals surface area contributed by atoms with Crippen LogP contribution in [0.4, 0.5) is 4.79 Å². The summed E-state index contributed by atoms with van der Waals surface area (Å²) in [6.45, 7) is 11.6. The molecule has 1 unspecified atom stereocenters. The molecule has 0 aromatic rings. The first-order valence-electron chi connectivity index (χ1n) is 7.28. The molecular weight excluding hydrogens is 256 g/mol. The van der Waals surface area contributed by atoms with E-state index in [4.69, 9.17) is 5.11 Å². The van der Waals surface area contributed by atoms with E-state index in [-0.39, 0.29) is 29.3 Å². The zero-order valence-electron chi connectivity index (χ0n) is 13.3. The molecule has 0 saturated carbocycles. The molecule has 20 heavy (non-hydrogen) atoms. The Morgan fingerprint density at radius 3 is 2.40 bits per heavy atom. The summed E-state index contributed by atoms with van der Waals surface area (Å²) in [5.41, 5.74) is -0.140. The van der Waals surface area contributed by atoms with Gasteiger partial charge in [0.25, 0.3) is 0 Å². The van der Waals surface area contributed by atoms with Crippen molar-refractivity contribution in [2.45, 2.75) is 59.9 Å². The van der Waals surface area contributed by atoms with Crippen LogP contribution in [0.2, 0.25) is 0 Å². The minimum Gasteiger partial charge on any atom is -0.481 e. The van der Waals surface area contributed by atoms with Crippen LogP contribution in [0, 0.1) is 10.8 Å². The monoisotopic (exact) mass is 284 g/mol. The van der Waals surface area contributed by atoms with Crippen LogP contribution in [-0.4, -0.2) is 41.1 Å². The molecule has 0 spiro atoms. The second-order valence-electron chi connectivity index (χ2n) is 7.66. The molecule has 5 nitrogen and oxygen atoms in total. The maximum Gasteiger partial charge on any atom is 0.317 e.